The van der Waals surface area contributed by atoms with Crippen LogP contribution in [0.5, 0.6) is 5.75 Å². The zero-order chi connectivity index (χ0) is 24.1. The summed E-state index contributed by atoms with van der Waals surface area (Å²) in [6.45, 7) is 6.92. The Hall–Kier alpha value is -2.79. The standard InChI is InChI=1S/C29H39N3O2/c1-23(2)16-19-32-28(33)31(20-24-10-12-27(13-11-24)34-22-30(3)4)21-29(32)17-14-26(15-18-29)25-8-6-5-7-9-25/h5-13,16,26H,14-15,17-22H2,1-4H3. The summed E-state index contributed by atoms with van der Waals surface area (Å²) in [5, 5.41) is 0. The van der Waals surface area contributed by atoms with Gasteiger partial charge in [-0.05, 0) is 82.8 Å². The maximum absolute atomic E-state index is 13.6. The number of benzene rings is 2. The third-order valence-corrected chi connectivity index (χ3v) is 7.21. The van der Waals surface area contributed by atoms with E-state index in [2.05, 4.69) is 72.2 Å². The SMILES string of the molecule is CC(C)=CCN1C(=O)N(Cc2ccc(OCN(C)C)cc2)CC12CCC(c1ccccc1)CC2. The summed E-state index contributed by atoms with van der Waals surface area (Å²) in [6.07, 6.45) is 6.58. The molecule has 1 saturated heterocycles. The molecule has 1 spiro atoms. The first-order chi connectivity index (χ1) is 16.4. The number of urea groups is 1. The van der Waals surface area contributed by atoms with Gasteiger partial charge in [0.25, 0.3) is 0 Å². The number of carbonyl (C=O) groups excluding carboxylic acids is 1. The van der Waals surface area contributed by atoms with Crippen molar-refractivity contribution in [3.05, 3.63) is 77.4 Å². The van der Waals surface area contributed by atoms with Gasteiger partial charge in [-0.3, -0.25) is 4.90 Å². The van der Waals surface area contributed by atoms with Gasteiger partial charge < -0.3 is 14.5 Å². The molecule has 0 atom stereocenters. The average Bonchev–Trinajstić information content (AvgIpc) is 3.08. The van der Waals surface area contributed by atoms with Crippen molar-refractivity contribution in [2.45, 2.75) is 57.5 Å². The van der Waals surface area contributed by atoms with Crippen molar-refractivity contribution in [3.8, 4) is 5.75 Å². The van der Waals surface area contributed by atoms with Crippen LogP contribution in [0.3, 0.4) is 0 Å². The minimum atomic E-state index is -0.0664. The van der Waals surface area contributed by atoms with Crippen molar-refractivity contribution in [2.75, 3.05) is 33.9 Å². The number of carbonyl (C=O) groups is 1. The lowest BCUT2D eigenvalue weighted by Crippen LogP contribution is -2.49. The number of amides is 2. The van der Waals surface area contributed by atoms with Crippen LogP contribution in [0.2, 0.25) is 0 Å². The zero-order valence-corrected chi connectivity index (χ0v) is 21.2. The first-order valence-electron chi connectivity index (χ1n) is 12.5. The van der Waals surface area contributed by atoms with Crippen LogP contribution in [0.25, 0.3) is 0 Å². The van der Waals surface area contributed by atoms with Gasteiger partial charge in [-0.15, -0.1) is 0 Å². The van der Waals surface area contributed by atoms with Gasteiger partial charge in [-0.2, -0.15) is 0 Å². The van der Waals surface area contributed by atoms with Gasteiger partial charge in [0, 0.05) is 19.6 Å². The molecule has 0 unspecified atom stereocenters. The average molecular weight is 462 g/mol. The molecule has 34 heavy (non-hydrogen) atoms. The predicted molar refractivity (Wildman–Crippen MR) is 138 cm³/mol. The largest absolute Gasteiger partial charge is 0.478 e. The molecule has 1 aliphatic carbocycles. The Morgan fingerprint density at radius 2 is 1.74 bits per heavy atom. The minimum absolute atomic E-state index is 0.0664. The molecule has 5 nitrogen and oxygen atoms in total. The first-order valence-corrected chi connectivity index (χ1v) is 12.5. The Labute approximate surface area is 205 Å². The van der Waals surface area contributed by atoms with E-state index >= 15 is 0 Å². The lowest BCUT2D eigenvalue weighted by Gasteiger charge is -2.42. The van der Waals surface area contributed by atoms with Crippen molar-refractivity contribution < 1.29 is 9.53 Å². The number of nitrogens with zero attached hydrogens (tertiary/aromatic N) is 3. The Morgan fingerprint density at radius 1 is 1.06 bits per heavy atom. The van der Waals surface area contributed by atoms with Crippen molar-refractivity contribution in [2.24, 2.45) is 0 Å². The number of hydrogen-bond acceptors (Lipinski definition) is 3. The summed E-state index contributed by atoms with van der Waals surface area (Å²) in [6, 6.07) is 19.2. The lowest BCUT2D eigenvalue weighted by atomic mass is 9.73. The Balaban J connectivity index is 1.46. The molecule has 5 heteroatoms. The zero-order valence-electron chi connectivity index (χ0n) is 21.2. The van der Waals surface area contributed by atoms with E-state index in [-0.39, 0.29) is 11.6 Å². The molecule has 2 fully saturated rings. The highest BCUT2D eigenvalue weighted by Gasteiger charge is 2.50. The molecular formula is C29H39N3O2. The van der Waals surface area contributed by atoms with Crippen molar-refractivity contribution in [1.29, 1.82) is 0 Å². The maximum Gasteiger partial charge on any atom is 0.321 e. The third kappa shape index (κ3) is 5.64. The van der Waals surface area contributed by atoms with E-state index in [1.54, 1.807) is 0 Å². The van der Waals surface area contributed by atoms with E-state index in [0.717, 1.165) is 43.5 Å². The molecular weight excluding hydrogens is 422 g/mol. The second-order valence-corrected chi connectivity index (χ2v) is 10.4. The second kappa shape index (κ2) is 10.6. The van der Waals surface area contributed by atoms with E-state index in [1.807, 2.05) is 31.1 Å². The summed E-state index contributed by atoms with van der Waals surface area (Å²) in [4.78, 5) is 19.8. The van der Waals surface area contributed by atoms with Crippen molar-refractivity contribution in [3.63, 3.8) is 0 Å². The van der Waals surface area contributed by atoms with Gasteiger partial charge >= 0.3 is 6.03 Å². The summed E-state index contributed by atoms with van der Waals surface area (Å²) in [7, 11) is 3.97. The Kier molecular flexibility index (Phi) is 7.62. The monoisotopic (exact) mass is 461 g/mol. The molecule has 4 rings (SSSR count). The van der Waals surface area contributed by atoms with Gasteiger partial charge in [-0.25, -0.2) is 4.79 Å². The highest BCUT2D eigenvalue weighted by Crippen LogP contribution is 2.44. The molecule has 2 aliphatic rings. The van der Waals surface area contributed by atoms with Crippen LogP contribution in [-0.4, -0.2) is 60.2 Å². The van der Waals surface area contributed by atoms with Crippen LogP contribution in [0.15, 0.2) is 66.2 Å². The molecule has 0 N–H and O–H groups in total. The normalized spacial score (nSPS) is 22.5. The Morgan fingerprint density at radius 3 is 2.35 bits per heavy atom. The summed E-state index contributed by atoms with van der Waals surface area (Å²) < 4.78 is 5.75. The molecule has 2 amide bonds. The maximum atomic E-state index is 13.6. The Bertz CT molecular complexity index is 972. The fraction of sp³-hybridized carbons (Fsp3) is 0.483. The van der Waals surface area contributed by atoms with E-state index < -0.39 is 0 Å². The topological polar surface area (TPSA) is 36.0 Å². The van der Waals surface area contributed by atoms with Crippen molar-refractivity contribution in [1.82, 2.24) is 14.7 Å². The number of allylic oxidation sites excluding steroid dienone is 1. The second-order valence-electron chi connectivity index (χ2n) is 10.4. The van der Waals surface area contributed by atoms with E-state index in [4.69, 9.17) is 4.74 Å². The number of ether oxygens (including phenoxy) is 1. The molecule has 1 heterocycles. The minimum Gasteiger partial charge on any atom is -0.478 e. The van der Waals surface area contributed by atoms with Crippen molar-refractivity contribution >= 4 is 6.03 Å². The highest BCUT2D eigenvalue weighted by molar-refractivity contribution is 5.78. The first kappa shape index (κ1) is 24.3. The van der Waals surface area contributed by atoms with Gasteiger partial charge in [0.1, 0.15) is 12.5 Å². The quantitative estimate of drug-likeness (QED) is 0.364. The highest BCUT2D eigenvalue weighted by atomic mass is 16.5. The molecule has 2 aromatic carbocycles. The van der Waals surface area contributed by atoms with Crippen LogP contribution >= 0.6 is 0 Å². The van der Waals surface area contributed by atoms with E-state index in [9.17, 15) is 4.79 Å². The smallest absolute Gasteiger partial charge is 0.321 e. The van der Waals surface area contributed by atoms with Gasteiger partial charge in [-0.1, -0.05) is 54.1 Å². The van der Waals surface area contributed by atoms with Gasteiger partial charge in [0.05, 0.1) is 5.54 Å². The van der Waals surface area contributed by atoms with Crippen LogP contribution in [0, 0.1) is 0 Å². The molecule has 182 valence electrons. The van der Waals surface area contributed by atoms with Gasteiger partial charge in [0.2, 0.25) is 0 Å². The van der Waals surface area contributed by atoms with Crippen LogP contribution in [0.4, 0.5) is 4.79 Å². The van der Waals surface area contributed by atoms with Crippen LogP contribution < -0.4 is 4.74 Å². The molecule has 2 aromatic rings. The molecule has 1 saturated carbocycles. The van der Waals surface area contributed by atoms with E-state index in [0.29, 0.717) is 25.7 Å². The molecule has 1 aliphatic heterocycles. The number of hydrogen-bond donors (Lipinski definition) is 0. The lowest BCUT2D eigenvalue weighted by molar-refractivity contribution is 0.121. The molecule has 0 bridgehead atoms. The summed E-state index contributed by atoms with van der Waals surface area (Å²) in [5.74, 6) is 1.45. The predicted octanol–water partition coefficient (Wildman–Crippen LogP) is 5.88. The summed E-state index contributed by atoms with van der Waals surface area (Å²) in [5.41, 5.74) is 3.77. The van der Waals surface area contributed by atoms with Gasteiger partial charge in [0.15, 0.2) is 0 Å². The van der Waals surface area contributed by atoms with Crippen LogP contribution in [0.1, 0.15) is 56.6 Å². The fourth-order valence-corrected chi connectivity index (χ4v) is 5.31. The molecule has 0 radical (unpaired) electrons. The number of rotatable bonds is 8. The summed E-state index contributed by atoms with van der Waals surface area (Å²) >= 11 is 0. The fourth-order valence-electron chi connectivity index (χ4n) is 5.31. The van der Waals surface area contributed by atoms with Crippen LogP contribution in [-0.2, 0) is 6.54 Å². The third-order valence-electron chi connectivity index (χ3n) is 7.21. The molecule has 0 aromatic heterocycles. The van der Waals surface area contributed by atoms with E-state index in [1.165, 1.54) is 11.1 Å².